The van der Waals surface area contributed by atoms with E-state index in [4.69, 9.17) is 9.47 Å². The van der Waals surface area contributed by atoms with Crippen molar-refractivity contribution in [2.24, 2.45) is 0 Å². The van der Waals surface area contributed by atoms with Crippen LogP contribution in [0.1, 0.15) is 18.4 Å². The molecule has 2 aromatic rings. The van der Waals surface area contributed by atoms with E-state index < -0.39 is 12.1 Å². The van der Waals surface area contributed by atoms with Gasteiger partial charge in [0.1, 0.15) is 11.9 Å². The highest BCUT2D eigenvalue weighted by molar-refractivity contribution is 6.04. The molecule has 144 valence electrons. The quantitative estimate of drug-likeness (QED) is 0.735. The maximum absolute atomic E-state index is 12.6. The summed E-state index contributed by atoms with van der Waals surface area (Å²) in [4.78, 5) is 41.9. The van der Waals surface area contributed by atoms with Crippen molar-refractivity contribution in [3.05, 3.63) is 48.2 Å². The second-order valence-electron chi connectivity index (χ2n) is 6.42. The van der Waals surface area contributed by atoms with Crippen molar-refractivity contribution < 1.29 is 23.9 Å². The molecule has 3 heterocycles. The zero-order valence-electron chi connectivity index (χ0n) is 14.9. The molecule has 0 aliphatic carbocycles. The third-order valence-electron chi connectivity index (χ3n) is 4.48. The second kappa shape index (κ2) is 7.55. The van der Waals surface area contributed by atoms with Crippen molar-refractivity contribution in [1.29, 1.82) is 0 Å². The fourth-order valence-corrected chi connectivity index (χ4v) is 3.06. The van der Waals surface area contributed by atoms with Gasteiger partial charge >= 0.3 is 6.03 Å². The van der Waals surface area contributed by atoms with Crippen molar-refractivity contribution in [3.8, 4) is 11.5 Å². The number of amides is 4. The number of rotatable bonds is 6. The van der Waals surface area contributed by atoms with Crippen LogP contribution in [0.3, 0.4) is 0 Å². The Morgan fingerprint density at radius 2 is 2.07 bits per heavy atom. The molecule has 1 aromatic heterocycles. The maximum Gasteiger partial charge on any atom is 0.325 e. The molecule has 9 heteroatoms. The standard InChI is InChI=1S/C19H18N4O5/c24-17(22-16-3-1-2-8-20-16)7-5-13-18(25)23(19(26)21-13)10-12-4-6-14-15(9-12)28-11-27-14/h1-4,6,8-9,13H,5,7,10-11H2,(H,21,26)(H,20,22,24). The number of hydrogen-bond acceptors (Lipinski definition) is 6. The predicted octanol–water partition coefficient (Wildman–Crippen LogP) is 1.65. The number of carbonyl (C=O) groups excluding carboxylic acids is 3. The Hall–Kier alpha value is -3.62. The number of anilines is 1. The number of carbonyl (C=O) groups is 3. The topological polar surface area (TPSA) is 110 Å². The molecule has 2 aliphatic heterocycles. The molecule has 28 heavy (non-hydrogen) atoms. The van der Waals surface area contributed by atoms with Crippen molar-refractivity contribution >= 4 is 23.7 Å². The van der Waals surface area contributed by atoms with Crippen LogP contribution in [0.4, 0.5) is 10.6 Å². The SMILES string of the molecule is O=C(CCC1NC(=O)N(Cc2ccc3c(c2)OCO3)C1=O)Nc1ccccn1. The Kier molecular flexibility index (Phi) is 4.79. The van der Waals surface area contributed by atoms with Gasteiger partial charge in [-0.05, 0) is 36.2 Å². The Balaban J connectivity index is 1.33. The molecule has 0 spiro atoms. The molecule has 2 aliphatic rings. The number of benzene rings is 1. The maximum atomic E-state index is 12.6. The number of aromatic nitrogens is 1. The summed E-state index contributed by atoms with van der Waals surface area (Å²) >= 11 is 0. The fraction of sp³-hybridized carbons (Fsp3) is 0.263. The van der Waals surface area contributed by atoms with E-state index in [9.17, 15) is 14.4 Å². The Labute approximate surface area is 160 Å². The minimum atomic E-state index is -0.726. The van der Waals surface area contributed by atoms with E-state index in [1.54, 1.807) is 42.6 Å². The largest absolute Gasteiger partial charge is 0.454 e. The summed E-state index contributed by atoms with van der Waals surface area (Å²) in [6.07, 6.45) is 1.87. The number of nitrogens with zero attached hydrogens (tertiary/aromatic N) is 2. The summed E-state index contributed by atoms with van der Waals surface area (Å²) in [7, 11) is 0. The summed E-state index contributed by atoms with van der Waals surface area (Å²) in [5, 5.41) is 5.28. The van der Waals surface area contributed by atoms with E-state index in [0.717, 1.165) is 10.5 Å². The van der Waals surface area contributed by atoms with Gasteiger partial charge in [0.15, 0.2) is 11.5 Å². The molecule has 9 nitrogen and oxygen atoms in total. The van der Waals surface area contributed by atoms with Gasteiger partial charge in [-0.3, -0.25) is 14.5 Å². The van der Waals surface area contributed by atoms with E-state index >= 15 is 0 Å². The lowest BCUT2D eigenvalue weighted by Gasteiger charge is -2.13. The molecule has 2 N–H and O–H groups in total. The lowest BCUT2D eigenvalue weighted by atomic mass is 10.1. The van der Waals surface area contributed by atoms with Crippen LogP contribution in [0.15, 0.2) is 42.6 Å². The van der Waals surface area contributed by atoms with Gasteiger partial charge in [-0.25, -0.2) is 9.78 Å². The monoisotopic (exact) mass is 382 g/mol. The van der Waals surface area contributed by atoms with E-state index in [1.165, 1.54) is 0 Å². The molecule has 0 radical (unpaired) electrons. The van der Waals surface area contributed by atoms with Crippen LogP contribution in [0.2, 0.25) is 0 Å². The average Bonchev–Trinajstić information content (AvgIpc) is 3.26. The van der Waals surface area contributed by atoms with Crippen molar-refractivity contribution in [2.45, 2.75) is 25.4 Å². The molecule has 0 saturated carbocycles. The number of ether oxygens (including phenoxy) is 2. The summed E-state index contributed by atoms with van der Waals surface area (Å²) in [5.74, 6) is 1.05. The minimum absolute atomic E-state index is 0.0884. The first kappa shape index (κ1) is 17.8. The van der Waals surface area contributed by atoms with Crippen molar-refractivity contribution in [3.63, 3.8) is 0 Å². The molecular formula is C19H18N4O5. The number of pyridine rings is 1. The Morgan fingerprint density at radius 1 is 1.21 bits per heavy atom. The highest BCUT2D eigenvalue weighted by atomic mass is 16.7. The van der Waals surface area contributed by atoms with Crippen LogP contribution in [-0.2, 0) is 16.1 Å². The molecule has 4 amide bonds. The number of nitrogens with one attached hydrogen (secondary N) is 2. The minimum Gasteiger partial charge on any atom is -0.454 e. The molecule has 1 aromatic carbocycles. The number of hydrogen-bond donors (Lipinski definition) is 2. The van der Waals surface area contributed by atoms with Crippen LogP contribution >= 0.6 is 0 Å². The van der Waals surface area contributed by atoms with Gasteiger partial charge in [0.25, 0.3) is 5.91 Å². The first-order valence-corrected chi connectivity index (χ1v) is 8.81. The van der Waals surface area contributed by atoms with Crippen LogP contribution in [0.25, 0.3) is 0 Å². The van der Waals surface area contributed by atoms with Gasteiger partial charge in [-0.1, -0.05) is 12.1 Å². The zero-order valence-corrected chi connectivity index (χ0v) is 14.9. The van der Waals surface area contributed by atoms with Crippen molar-refractivity contribution in [1.82, 2.24) is 15.2 Å². The molecule has 1 atom stereocenters. The average molecular weight is 382 g/mol. The van der Waals surface area contributed by atoms with Gasteiger partial charge < -0.3 is 20.1 Å². The van der Waals surface area contributed by atoms with E-state index in [2.05, 4.69) is 15.6 Å². The number of fused-ring (bicyclic) bond motifs is 1. The molecule has 1 unspecified atom stereocenters. The van der Waals surface area contributed by atoms with Gasteiger partial charge in [0.2, 0.25) is 12.7 Å². The Morgan fingerprint density at radius 3 is 2.89 bits per heavy atom. The molecule has 4 rings (SSSR count). The van der Waals surface area contributed by atoms with Crippen molar-refractivity contribution in [2.75, 3.05) is 12.1 Å². The van der Waals surface area contributed by atoms with Crippen LogP contribution in [0.5, 0.6) is 11.5 Å². The van der Waals surface area contributed by atoms with E-state index in [1.807, 2.05) is 0 Å². The summed E-state index contributed by atoms with van der Waals surface area (Å²) in [6.45, 7) is 0.280. The van der Waals surface area contributed by atoms with Gasteiger partial charge in [0, 0.05) is 12.6 Å². The van der Waals surface area contributed by atoms with E-state index in [0.29, 0.717) is 17.3 Å². The third-order valence-corrected chi connectivity index (χ3v) is 4.48. The summed E-state index contributed by atoms with van der Waals surface area (Å²) in [5.41, 5.74) is 0.751. The molecule has 0 bridgehead atoms. The predicted molar refractivity (Wildman–Crippen MR) is 97.5 cm³/mol. The highest BCUT2D eigenvalue weighted by Crippen LogP contribution is 2.33. The number of imide groups is 1. The third kappa shape index (κ3) is 3.73. The lowest BCUT2D eigenvalue weighted by molar-refractivity contribution is -0.128. The Bertz CT molecular complexity index is 918. The fourth-order valence-electron chi connectivity index (χ4n) is 3.06. The van der Waals surface area contributed by atoms with Gasteiger partial charge in [0.05, 0.1) is 6.54 Å². The lowest BCUT2D eigenvalue weighted by Crippen LogP contribution is -2.31. The van der Waals surface area contributed by atoms with Crippen LogP contribution < -0.4 is 20.1 Å². The number of urea groups is 1. The van der Waals surface area contributed by atoms with Crippen LogP contribution in [-0.4, -0.2) is 40.6 Å². The molecular weight excluding hydrogens is 364 g/mol. The van der Waals surface area contributed by atoms with Gasteiger partial charge in [-0.2, -0.15) is 0 Å². The smallest absolute Gasteiger partial charge is 0.325 e. The van der Waals surface area contributed by atoms with Crippen LogP contribution in [0, 0.1) is 0 Å². The van der Waals surface area contributed by atoms with Gasteiger partial charge in [-0.15, -0.1) is 0 Å². The first-order valence-electron chi connectivity index (χ1n) is 8.81. The first-order chi connectivity index (χ1) is 13.6. The zero-order chi connectivity index (χ0) is 19.5. The molecule has 1 fully saturated rings. The summed E-state index contributed by atoms with van der Waals surface area (Å²) in [6, 6.07) is 9.25. The molecule has 1 saturated heterocycles. The normalized spacial score (nSPS) is 17.6. The second-order valence-corrected chi connectivity index (χ2v) is 6.42. The highest BCUT2D eigenvalue weighted by Gasteiger charge is 2.38. The summed E-state index contributed by atoms with van der Waals surface area (Å²) < 4.78 is 10.6. The van der Waals surface area contributed by atoms with E-state index in [-0.39, 0.29) is 38.0 Å².